The van der Waals surface area contributed by atoms with Gasteiger partial charge in [0.05, 0.1) is 11.0 Å². The molecule has 0 unspecified atom stereocenters. The molecule has 94 valence electrons. The van der Waals surface area contributed by atoms with Crippen LogP contribution in [0.25, 0.3) is 22.2 Å². The van der Waals surface area contributed by atoms with Crippen LogP contribution in [0.1, 0.15) is 0 Å². The van der Waals surface area contributed by atoms with E-state index >= 15 is 0 Å². The van der Waals surface area contributed by atoms with Gasteiger partial charge < -0.3 is 11.5 Å². The zero-order valence-electron chi connectivity index (χ0n) is 9.97. The second kappa shape index (κ2) is 4.40. The molecule has 0 aliphatic heterocycles. The second-order valence-corrected chi connectivity index (χ2v) is 4.61. The van der Waals surface area contributed by atoms with E-state index in [1.165, 1.54) is 0 Å². The van der Waals surface area contributed by atoms with Crippen molar-refractivity contribution in [3.63, 3.8) is 0 Å². The van der Waals surface area contributed by atoms with Crippen molar-refractivity contribution in [2.24, 2.45) is 0 Å². The third-order valence-electron chi connectivity index (χ3n) is 2.89. The molecular formula is C14H11ClN4. The molecule has 0 spiro atoms. The summed E-state index contributed by atoms with van der Waals surface area (Å²) >= 11 is 6.02. The summed E-state index contributed by atoms with van der Waals surface area (Å²) in [5.41, 5.74) is 14.7. The molecule has 4 nitrogen and oxygen atoms in total. The van der Waals surface area contributed by atoms with E-state index in [1.54, 1.807) is 0 Å². The van der Waals surface area contributed by atoms with E-state index in [1.807, 2.05) is 42.5 Å². The molecule has 3 rings (SSSR count). The van der Waals surface area contributed by atoms with E-state index in [0.29, 0.717) is 10.5 Å². The van der Waals surface area contributed by atoms with Gasteiger partial charge >= 0.3 is 0 Å². The Morgan fingerprint density at radius 1 is 0.895 bits per heavy atom. The minimum Gasteiger partial charge on any atom is -0.381 e. The van der Waals surface area contributed by atoms with Gasteiger partial charge in [0.25, 0.3) is 0 Å². The van der Waals surface area contributed by atoms with Gasteiger partial charge in [-0.25, -0.2) is 9.97 Å². The van der Waals surface area contributed by atoms with Crippen LogP contribution in [0.2, 0.25) is 5.02 Å². The summed E-state index contributed by atoms with van der Waals surface area (Å²) in [4.78, 5) is 8.57. The van der Waals surface area contributed by atoms with E-state index in [9.17, 15) is 0 Å². The fourth-order valence-corrected chi connectivity index (χ4v) is 2.18. The molecule has 0 saturated carbocycles. The Labute approximate surface area is 115 Å². The van der Waals surface area contributed by atoms with Crippen molar-refractivity contribution in [3.8, 4) is 11.1 Å². The van der Waals surface area contributed by atoms with Gasteiger partial charge in [-0.1, -0.05) is 35.9 Å². The quantitative estimate of drug-likeness (QED) is 0.712. The van der Waals surface area contributed by atoms with Gasteiger partial charge in [0.2, 0.25) is 0 Å². The van der Waals surface area contributed by atoms with Crippen molar-refractivity contribution < 1.29 is 0 Å². The monoisotopic (exact) mass is 270 g/mol. The van der Waals surface area contributed by atoms with E-state index in [2.05, 4.69) is 9.97 Å². The average Bonchev–Trinajstić information content (AvgIpc) is 2.39. The number of nitrogen functional groups attached to an aromatic ring is 2. The van der Waals surface area contributed by atoms with Crippen molar-refractivity contribution in [1.29, 1.82) is 0 Å². The SMILES string of the molecule is Nc1nc2cccc(-c3cccc(Cl)c3)c2nc1N. The first-order chi connectivity index (χ1) is 9.15. The molecule has 0 amide bonds. The van der Waals surface area contributed by atoms with Crippen LogP contribution >= 0.6 is 11.6 Å². The molecule has 0 fully saturated rings. The topological polar surface area (TPSA) is 77.8 Å². The lowest BCUT2D eigenvalue weighted by atomic mass is 10.0. The summed E-state index contributed by atoms with van der Waals surface area (Å²) in [6.07, 6.45) is 0. The zero-order valence-corrected chi connectivity index (χ0v) is 10.7. The van der Waals surface area contributed by atoms with E-state index in [4.69, 9.17) is 23.1 Å². The van der Waals surface area contributed by atoms with Crippen LogP contribution in [0.3, 0.4) is 0 Å². The van der Waals surface area contributed by atoms with Crippen LogP contribution in [-0.2, 0) is 0 Å². The van der Waals surface area contributed by atoms with Crippen LogP contribution < -0.4 is 11.5 Å². The van der Waals surface area contributed by atoms with Gasteiger partial charge in [-0.2, -0.15) is 0 Å². The molecule has 1 aromatic heterocycles. The molecule has 0 saturated heterocycles. The molecule has 0 aliphatic rings. The number of hydrogen-bond acceptors (Lipinski definition) is 4. The molecule has 1 heterocycles. The number of nitrogens with zero attached hydrogens (tertiary/aromatic N) is 2. The summed E-state index contributed by atoms with van der Waals surface area (Å²) in [7, 11) is 0. The number of rotatable bonds is 1. The molecule has 3 aromatic rings. The highest BCUT2D eigenvalue weighted by atomic mass is 35.5. The van der Waals surface area contributed by atoms with Crippen molar-refractivity contribution in [3.05, 3.63) is 47.5 Å². The van der Waals surface area contributed by atoms with Gasteiger partial charge in [0.15, 0.2) is 11.6 Å². The predicted octanol–water partition coefficient (Wildman–Crippen LogP) is 3.11. The van der Waals surface area contributed by atoms with Gasteiger partial charge in [-0.15, -0.1) is 0 Å². The summed E-state index contributed by atoms with van der Waals surface area (Å²) < 4.78 is 0. The maximum Gasteiger partial charge on any atom is 0.166 e. The molecule has 4 N–H and O–H groups in total. The summed E-state index contributed by atoms with van der Waals surface area (Å²) in [5.74, 6) is 0.484. The highest BCUT2D eigenvalue weighted by Gasteiger charge is 2.09. The van der Waals surface area contributed by atoms with Gasteiger partial charge in [-0.05, 0) is 23.8 Å². The Morgan fingerprint density at radius 2 is 1.63 bits per heavy atom. The van der Waals surface area contributed by atoms with Crippen molar-refractivity contribution in [2.45, 2.75) is 0 Å². The van der Waals surface area contributed by atoms with Crippen LogP contribution in [0.15, 0.2) is 42.5 Å². The normalized spacial score (nSPS) is 10.8. The van der Waals surface area contributed by atoms with Gasteiger partial charge in [-0.3, -0.25) is 0 Å². The number of hydrogen-bond donors (Lipinski definition) is 2. The summed E-state index contributed by atoms with van der Waals surface area (Å²) in [5, 5.41) is 0.672. The molecule has 2 aromatic carbocycles. The standard InChI is InChI=1S/C14H11ClN4/c15-9-4-1-3-8(7-9)10-5-2-6-11-12(10)19-14(17)13(16)18-11/h1-7H,(H2,16,18)(H2,17,19). The lowest BCUT2D eigenvalue weighted by molar-refractivity contribution is 1.31. The number of benzene rings is 2. The number of fused-ring (bicyclic) bond motifs is 1. The lowest BCUT2D eigenvalue weighted by Gasteiger charge is -2.08. The molecule has 19 heavy (non-hydrogen) atoms. The van der Waals surface area contributed by atoms with Crippen LogP contribution in [-0.4, -0.2) is 9.97 Å². The summed E-state index contributed by atoms with van der Waals surface area (Å²) in [6.45, 7) is 0. The van der Waals surface area contributed by atoms with E-state index in [0.717, 1.165) is 16.6 Å². The fraction of sp³-hybridized carbons (Fsp3) is 0. The molecule has 0 atom stereocenters. The predicted molar refractivity (Wildman–Crippen MR) is 78.8 cm³/mol. The maximum absolute atomic E-state index is 6.02. The zero-order chi connectivity index (χ0) is 13.4. The largest absolute Gasteiger partial charge is 0.381 e. The first-order valence-corrected chi connectivity index (χ1v) is 6.10. The molecule has 0 radical (unpaired) electrons. The van der Waals surface area contributed by atoms with Crippen molar-refractivity contribution in [2.75, 3.05) is 11.5 Å². The Hall–Kier alpha value is -2.33. The number of anilines is 2. The van der Waals surface area contributed by atoms with Crippen LogP contribution in [0, 0.1) is 0 Å². The molecule has 5 heteroatoms. The van der Waals surface area contributed by atoms with Crippen molar-refractivity contribution in [1.82, 2.24) is 9.97 Å². The number of nitrogens with two attached hydrogens (primary N) is 2. The van der Waals surface area contributed by atoms with E-state index < -0.39 is 0 Å². The Balaban J connectivity index is 2.32. The van der Waals surface area contributed by atoms with Crippen LogP contribution in [0.4, 0.5) is 11.6 Å². The van der Waals surface area contributed by atoms with Crippen molar-refractivity contribution >= 4 is 34.3 Å². The van der Waals surface area contributed by atoms with E-state index in [-0.39, 0.29) is 11.6 Å². The van der Waals surface area contributed by atoms with Gasteiger partial charge in [0, 0.05) is 10.6 Å². The Kier molecular flexibility index (Phi) is 2.72. The lowest BCUT2D eigenvalue weighted by Crippen LogP contribution is -2.01. The highest BCUT2D eigenvalue weighted by molar-refractivity contribution is 6.30. The number of aromatic nitrogens is 2. The Morgan fingerprint density at radius 3 is 2.42 bits per heavy atom. The first-order valence-electron chi connectivity index (χ1n) is 5.73. The average molecular weight is 271 g/mol. The molecular weight excluding hydrogens is 260 g/mol. The number of para-hydroxylation sites is 1. The van der Waals surface area contributed by atoms with Gasteiger partial charge in [0.1, 0.15) is 0 Å². The number of halogens is 1. The minimum atomic E-state index is 0.238. The third-order valence-corrected chi connectivity index (χ3v) is 3.12. The highest BCUT2D eigenvalue weighted by Crippen LogP contribution is 2.29. The third kappa shape index (κ3) is 2.06. The summed E-state index contributed by atoms with van der Waals surface area (Å²) in [6, 6.07) is 13.3. The first kappa shape index (κ1) is 11.7. The second-order valence-electron chi connectivity index (χ2n) is 4.18. The minimum absolute atomic E-state index is 0.238. The molecule has 0 bridgehead atoms. The Bertz CT molecular complexity index is 770. The smallest absolute Gasteiger partial charge is 0.166 e. The van der Waals surface area contributed by atoms with Crippen LogP contribution in [0.5, 0.6) is 0 Å². The fourth-order valence-electron chi connectivity index (χ4n) is 1.99. The maximum atomic E-state index is 6.02. The molecule has 0 aliphatic carbocycles.